The Kier molecular flexibility index (Phi) is 6.79. The van der Waals surface area contributed by atoms with Crippen LogP contribution in [-0.4, -0.2) is 39.2 Å². The molecule has 0 unspecified atom stereocenters. The topological polar surface area (TPSA) is 54.0 Å². The van der Waals surface area contributed by atoms with Crippen LogP contribution in [0.25, 0.3) is 6.08 Å². The molecule has 1 saturated heterocycles. The predicted octanol–water partition coefficient (Wildman–Crippen LogP) is 3.60. The average Bonchev–Trinajstić information content (AvgIpc) is 2.65. The van der Waals surface area contributed by atoms with Crippen molar-refractivity contribution < 1.29 is 23.7 Å². The summed E-state index contributed by atoms with van der Waals surface area (Å²) in [5.41, 5.74) is 1.12. The molecule has 25 heavy (non-hydrogen) atoms. The van der Waals surface area contributed by atoms with Crippen molar-refractivity contribution in [1.82, 2.24) is 0 Å². The fourth-order valence-electron chi connectivity index (χ4n) is 2.35. The summed E-state index contributed by atoms with van der Waals surface area (Å²) in [6, 6.07) is 7.73. The summed E-state index contributed by atoms with van der Waals surface area (Å²) in [5.74, 6) is 0.439. The van der Waals surface area contributed by atoms with Crippen LogP contribution < -0.4 is 4.74 Å². The first kappa shape index (κ1) is 19.2. The molecule has 1 aliphatic rings. The molecule has 0 amide bonds. The molecule has 0 bridgehead atoms. The lowest BCUT2D eigenvalue weighted by Crippen LogP contribution is -2.44. The smallest absolute Gasteiger partial charge is 0.333 e. The van der Waals surface area contributed by atoms with Crippen LogP contribution in [0.5, 0.6) is 5.75 Å². The second-order valence-electron chi connectivity index (χ2n) is 6.33. The molecule has 1 aromatic carbocycles. The van der Waals surface area contributed by atoms with Crippen molar-refractivity contribution in [1.29, 1.82) is 0 Å². The summed E-state index contributed by atoms with van der Waals surface area (Å²) in [5, 5.41) is 0. The highest BCUT2D eigenvalue weighted by Crippen LogP contribution is 2.29. The largest absolute Gasteiger partial charge is 0.497 e. The van der Waals surface area contributed by atoms with E-state index in [1.54, 1.807) is 14.0 Å². The van der Waals surface area contributed by atoms with E-state index in [9.17, 15) is 4.79 Å². The second-order valence-corrected chi connectivity index (χ2v) is 6.33. The Labute approximate surface area is 149 Å². The number of esters is 1. The molecular weight excluding hydrogens is 320 g/mol. The first-order valence-electron chi connectivity index (χ1n) is 8.36. The molecule has 0 aliphatic carbocycles. The monoisotopic (exact) mass is 346 g/mol. The number of benzene rings is 1. The van der Waals surface area contributed by atoms with Crippen LogP contribution in [-0.2, 0) is 19.0 Å². The number of ether oxygens (including phenoxy) is 4. The van der Waals surface area contributed by atoms with Crippen LogP contribution >= 0.6 is 0 Å². The summed E-state index contributed by atoms with van der Waals surface area (Å²) in [4.78, 5) is 11.6. The van der Waals surface area contributed by atoms with E-state index in [1.165, 1.54) is 0 Å². The number of hydrogen-bond donors (Lipinski definition) is 0. The molecular formula is C20H26O5. The van der Waals surface area contributed by atoms with Gasteiger partial charge in [-0.05, 0) is 37.1 Å². The van der Waals surface area contributed by atoms with E-state index in [4.69, 9.17) is 18.9 Å². The van der Waals surface area contributed by atoms with Crippen LogP contribution in [0.3, 0.4) is 0 Å². The summed E-state index contributed by atoms with van der Waals surface area (Å²) in [6.07, 6.45) is 4.22. The zero-order valence-corrected chi connectivity index (χ0v) is 15.1. The van der Waals surface area contributed by atoms with E-state index in [2.05, 4.69) is 6.58 Å². The normalized spacial score (nSPS) is 23.4. The first-order chi connectivity index (χ1) is 12.0. The van der Waals surface area contributed by atoms with Gasteiger partial charge in [-0.1, -0.05) is 31.7 Å². The average molecular weight is 346 g/mol. The highest BCUT2D eigenvalue weighted by Gasteiger charge is 2.36. The van der Waals surface area contributed by atoms with Gasteiger partial charge in [-0.3, -0.25) is 0 Å². The highest BCUT2D eigenvalue weighted by molar-refractivity contribution is 5.86. The molecule has 5 nitrogen and oxygen atoms in total. The molecule has 0 atom stereocenters. The predicted molar refractivity (Wildman–Crippen MR) is 96.2 cm³/mol. The van der Waals surface area contributed by atoms with Gasteiger partial charge in [0.1, 0.15) is 12.4 Å². The van der Waals surface area contributed by atoms with E-state index >= 15 is 0 Å². The Bertz CT molecular complexity index is 609. The van der Waals surface area contributed by atoms with Crippen molar-refractivity contribution in [3.05, 3.63) is 48.1 Å². The third kappa shape index (κ3) is 5.44. The van der Waals surface area contributed by atoms with E-state index in [0.29, 0.717) is 18.8 Å². The van der Waals surface area contributed by atoms with Gasteiger partial charge < -0.3 is 18.9 Å². The molecule has 5 heteroatoms. The molecule has 2 rings (SSSR count). The Hall–Kier alpha value is -2.11. The van der Waals surface area contributed by atoms with Crippen LogP contribution in [0.2, 0.25) is 0 Å². The zero-order valence-electron chi connectivity index (χ0n) is 15.1. The molecule has 1 fully saturated rings. The Morgan fingerprint density at radius 1 is 1.32 bits per heavy atom. The second kappa shape index (κ2) is 8.83. The summed E-state index contributed by atoms with van der Waals surface area (Å²) < 4.78 is 22.0. The Morgan fingerprint density at radius 2 is 1.96 bits per heavy atom. The standard InChI is InChI=1S/C20H26O5/c1-5-20(14-25-19(21)15(2)3)12-23-18(24-13-20)11-8-16-6-9-17(22-4)10-7-16/h6-11,18H,2,5,12-14H2,1,3-4H3/b11-8+. The maximum Gasteiger partial charge on any atom is 0.333 e. The minimum absolute atomic E-state index is 0.268. The maximum absolute atomic E-state index is 11.6. The summed E-state index contributed by atoms with van der Waals surface area (Å²) in [7, 11) is 1.64. The third-order valence-corrected chi connectivity index (χ3v) is 4.28. The number of carbonyl (C=O) groups is 1. The minimum Gasteiger partial charge on any atom is -0.497 e. The van der Waals surface area contributed by atoms with Gasteiger partial charge in [-0.25, -0.2) is 4.79 Å². The number of carbonyl (C=O) groups excluding carboxylic acids is 1. The molecule has 1 heterocycles. The fraction of sp³-hybridized carbons (Fsp3) is 0.450. The lowest BCUT2D eigenvalue weighted by molar-refractivity contribution is -0.218. The molecule has 136 valence electrons. The van der Waals surface area contributed by atoms with E-state index in [1.807, 2.05) is 43.3 Å². The SMILES string of the molecule is C=C(C)C(=O)OCC1(CC)COC(/C=C/c2ccc(OC)cc2)OC1. The number of hydrogen-bond acceptors (Lipinski definition) is 5. The van der Waals surface area contributed by atoms with E-state index < -0.39 is 6.29 Å². The Balaban J connectivity index is 1.87. The van der Waals surface area contributed by atoms with Crippen molar-refractivity contribution in [3.63, 3.8) is 0 Å². The van der Waals surface area contributed by atoms with Gasteiger partial charge in [-0.2, -0.15) is 0 Å². The van der Waals surface area contributed by atoms with Crippen LogP contribution in [0, 0.1) is 5.41 Å². The van der Waals surface area contributed by atoms with Crippen molar-refractivity contribution in [2.45, 2.75) is 26.6 Å². The molecule has 1 aromatic rings. The lowest BCUT2D eigenvalue weighted by Gasteiger charge is -2.38. The highest BCUT2D eigenvalue weighted by atomic mass is 16.7. The Morgan fingerprint density at radius 3 is 2.48 bits per heavy atom. The molecule has 0 radical (unpaired) electrons. The van der Waals surface area contributed by atoms with E-state index in [-0.39, 0.29) is 18.0 Å². The summed E-state index contributed by atoms with van der Waals surface area (Å²) >= 11 is 0. The molecule has 0 spiro atoms. The van der Waals surface area contributed by atoms with Crippen molar-refractivity contribution in [2.24, 2.45) is 5.41 Å². The molecule has 1 aliphatic heterocycles. The zero-order chi connectivity index (χ0) is 18.3. The van der Waals surface area contributed by atoms with Gasteiger partial charge >= 0.3 is 5.97 Å². The molecule has 0 aromatic heterocycles. The molecule has 0 saturated carbocycles. The maximum atomic E-state index is 11.6. The lowest BCUT2D eigenvalue weighted by atomic mass is 9.87. The van der Waals surface area contributed by atoms with Gasteiger partial charge in [0.25, 0.3) is 0 Å². The van der Waals surface area contributed by atoms with Gasteiger partial charge in [0.05, 0.1) is 25.7 Å². The quantitative estimate of drug-likeness (QED) is 0.558. The van der Waals surface area contributed by atoms with Gasteiger partial charge in [0.15, 0.2) is 6.29 Å². The number of methoxy groups -OCH3 is 1. The van der Waals surface area contributed by atoms with Gasteiger partial charge in [0, 0.05) is 5.57 Å². The van der Waals surface area contributed by atoms with Gasteiger partial charge in [0.2, 0.25) is 0 Å². The van der Waals surface area contributed by atoms with Crippen molar-refractivity contribution in [2.75, 3.05) is 26.9 Å². The fourth-order valence-corrected chi connectivity index (χ4v) is 2.35. The number of rotatable bonds is 7. The minimum atomic E-state index is -0.404. The summed E-state index contributed by atoms with van der Waals surface area (Å²) in [6.45, 7) is 8.48. The van der Waals surface area contributed by atoms with Crippen molar-refractivity contribution >= 4 is 12.0 Å². The molecule has 0 N–H and O–H groups in total. The van der Waals surface area contributed by atoms with Crippen LogP contribution in [0.1, 0.15) is 25.8 Å². The van der Waals surface area contributed by atoms with Crippen LogP contribution in [0.15, 0.2) is 42.5 Å². The van der Waals surface area contributed by atoms with Crippen LogP contribution in [0.4, 0.5) is 0 Å². The third-order valence-electron chi connectivity index (χ3n) is 4.28. The van der Waals surface area contributed by atoms with Gasteiger partial charge in [-0.15, -0.1) is 0 Å². The first-order valence-corrected chi connectivity index (χ1v) is 8.36. The van der Waals surface area contributed by atoms with Crippen molar-refractivity contribution in [3.8, 4) is 5.75 Å². The van der Waals surface area contributed by atoms with E-state index in [0.717, 1.165) is 17.7 Å².